The summed E-state index contributed by atoms with van der Waals surface area (Å²) in [6, 6.07) is 17.0. The molecule has 3 rings (SSSR count). The van der Waals surface area contributed by atoms with Crippen molar-refractivity contribution in [3.05, 3.63) is 66.9 Å². The van der Waals surface area contributed by atoms with Gasteiger partial charge in [-0.05, 0) is 30.3 Å². The van der Waals surface area contributed by atoms with E-state index < -0.39 is 9.84 Å². The molecule has 0 saturated heterocycles. The summed E-state index contributed by atoms with van der Waals surface area (Å²) in [5.41, 5.74) is 2.87. The minimum absolute atomic E-state index is 0.317. The number of hydrogen-bond donors (Lipinski definition) is 1. The van der Waals surface area contributed by atoms with E-state index in [1.807, 2.05) is 48.7 Å². The Kier molecular flexibility index (Phi) is 6.08. The topological polar surface area (TPSA) is 59.1 Å². The van der Waals surface area contributed by atoms with E-state index in [1.165, 1.54) is 6.26 Å². The molecule has 0 bridgehead atoms. The van der Waals surface area contributed by atoms with Gasteiger partial charge in [-0.2, -0.15) is 0 Å². The van der Waals surface area contributed by atoms with E-state index >= 15 is 0 Å². The number of nitrogens with one attached hydrogen (secondary N) is 1. The fraction of sp³-hybridized carbons (Fsp3) is 0.190. The maximum Gasteiger partial charge on any atom is 0.187 e. The highest BCUT2D eigenvalue weighted by molar-refractivity contribution is 7.90. The van der Waals surface area contributed by atoms with Crippen molar-refractivity contribution >= 4 is 26.3 Å². The van der Waals surface area contributed by atoms with Crippen LogP contribution in [0.5, 0.6) is 0 Å². The summed E-state index contributed by atoms with van der Waals surface area (Å²) in [7, 11) is -3.21. The first kappa shape index (κ1) is 19.3. The van der Waals surface area contributed by atoms with E-state index in [2.05, 4.69) is 18.3 Å². The quantitative estimate of drug-likeness (QED) is 0.562. The molecule has 0 aliphatic carbocycles. The molecule has 3 aromatic rings. The number of aromatic nitrogens is 1. The van der Waals surface area contributed by atoms with Crippen LogP contribution in [0.15, 0.2) is 71.8 Å². The van der Waals surface area contributed by atoms with E-state index in [9.17, 15) is 8.42 Å². The Hall–Kier alpha value is -2.44. The molecule has 27 heavy (non-hydrogen) atoms. The number of unbranched alkanes of at least 4 members (excludes halogenated alkanes) is 1. The van der Waals surface area contributed by atoms with E-state index in [0.29, 0.717) is 4.90 Å². The Bertz CT molecular complexity index is 1020. The molecule has 0 fully saturated rings. The summed E-state index contributed by atoms with van der Waals surface area (Å²) in [6.07, 6.45) is 7.35. The third kappa shape index (κ3) is 4.84. The number of hydrogen-bond acceptors (Lipinski definition) is 5. The SMILES string of the molecule is CCC/C=C/Nc1nc(-c2ccccc2)c(-c2ccc(S(C)(=O)=O)cc2)s1. The summed E-state index contributed by atoms with van der Waals surface area (Å²) in [4.78, 5) is 6.09. The van der Waals surface area contributed by atoms with Gasteiger partial charge in [0.25, 0.3) is 0 Å². The molecule has 1 N–H and O–H groups in total. The van der Waals surface area contributed by atoms with Crippen LogP contribution >= 0.6 is 11.3 Å². The van der Waals surface area contributed by atoms with Gasteiger partial charge in [0.05, 0.1) is 15.5 Å². The van der Waals surface area contributed by atoms with Crippen LogP contribution in [0.4, 0.5) is 5.13 Å². The highest BCUT2D eigenvalue weighted by Crippen LogP contribution is 2.39. The summed E-state index contributed by atoms with van der Waals surface area (Å²) in [6.45, 7) is 2.14. The summed E-state index contributed by atoms with van der Waals surface area (Å²) >= 11 is 1.56. The molecular formula is C21H22N2O2S2. The van der Waals surface area contributed by atoms with Gasteiger partial charge in [-0.3, -0.25) is 0 Å². The highest BCUT2D eigenvalue weighted by atomic mass is 32.2. The molecule has 0 saturated carbocycles. The van der Waals surface area contributed by atoms with Crippen LogP contribution in [-0.2, 0) is 9.84 Å². The lowest BCUT2D eigenvalue weighted by Gasteiger charge is -2.04. The molecule has 0 unspecified atom stereocenters. The van der Waals surface area contributed by atoms with Crippen molar-refractivity contribution in [3.63, 3.8) is 0 Å². The van der Waals surface area contributed by atoms with Crippen molar-refractivity contribution < 1.29 is 8.42 Å². The van der Waals surface area contributed by atoms with E-state index in [-0.39, 0.29) is 0 Å². The smallest absolute Gasteiger partial charge is 0.187 e. The average molecular weight is 399 g/mol. The van der Waals surface area contributed by atoms with Gasteiger partial charge in [0.1, 0.15) is 0 Å². The van der Waals surface area contributed by atoms with Crippen molar-refractivity contribution in [2.24, 2.45) is 0 Å². The third-order valence-corrected chi connectivity index (χ3v) is 6.16. The van der Waals surface area contributed by atoms with Gasteiger partial charge in [0.2, 0.25) is 0 Å². The van der Waals surface area contributed by atoms with Gasteiger partial charge in [-0.25, -0.2) is 13.4 Å². The maximum atomic E-state index is 11.7. The number of anilines is 1. The fourth-order valence-corrected chi connectivity index (χ4v) is 4.20. The van der Waals surface area contributed by atoms with Gasteiger partial charge >= 0.3 is 0 Å². The van der Waals surface area contributed by atoms with Gasteiger partial charge < -0.3 is 5.32 Å². The third-order valence-electron chi connectivity index (χ3n) is 4.00. The molecule has 0 radical (unpaired) electrons. The molecule has 0 atom stereocenters. The normalized spacial score (nSPS) is 11.8. The second-order valence-electron chi connectivity index (χ2n) is 6.19. The van der Waals surface area contributed by atoms with Crippen molar-refractivity contribution in [1.29, 1.82) is 0 Å². The molecule has 0 spiro atoms. The molecular weight excluding hydrogens is 376 g/mol. The number of sulfone groups is 1. The van der Waals surface area contributed by atoms with Crippen molar-refractivity contribution in [3.8, 4) is 21.7 Å². The standard InChI is InChI=1S/C21H22N2O2S2/c1-3-4-8-15-22-21-23-19(16-9-6-5-7-10-16)20(26-21)17-11-13-18(14-12-17)27(2,24)25/h5-15H,3-4H2,1-2H3,(H,22,23)/b15-8+. The van der Waals surface area contributed by atoms with E-state index in [4.69, 9.17) is 4.98 Å². The molecule has 0 aliphatic rings. The van der Waals surface area contributed by atoms with Crippen LogP contribution < -0.4 is 5.32 Å². The molecule has 2 aromatic carbocycles. The Morgan fingerprint density at radius 3 is 2.37 bits per heavy atom. The predicted octanol–water partition coefficient (Wildman–Crippen LogP) is 5.61. The average Bonchev–Trinajstić information content (AvgIpc) is 3.10. The lowest BCUT2D eigenvalue weighted by atomic mass is 10.1. The van der Waals surface area contributed by atoms with Gasteiger partial charge in [0.15, 0.2) is 15.0 Å². The van der Waals surface area contributed by atoms with Gasteiger partial charge in [-0.15, -0.1) is 0 Å². The van der Waals surface area contributed by atoms with Crippen LogP contribution in [0, 0.1) is 0 Å². The summed E-state index contributed by atoms with van der Waals surface area (Å²) in [5, 5.41) is 4.06. The van der Waals surface area contributed by atoms with E-state index in [0.717, 1.165) is 39.7 Å². The maximum absolute atomic E-state index is 11.7. The first-order chi connectivity index (χ1) is 13.0. The van der Waals surface area contributed by atoms with Crippen LogP contribution in [-0.4, -0.2) is 19.7 Å². The number of rotatable bonds is 7. The molecule has 6 heteroatoms. The minimum Gasteiger partial charge on any atom is -0.338 e. The predicted molar refractivity (Wildman–Crippen MR) is 114 cm³/mol. The first-order valence-corrected chi connectivity index (χ1v) is 11.5. The Labute approximate surface area is 164 Å². The molecule has 0 aliphatic heterocycles. The molecule has 1 heterocycles. The summed E-state index contributed by atoms with van der Waals surface area (Å²) in [5.74, 6) is 0. The van der Waals surface area contributed by atoms with Crippen LogP contribution in [0.1, 0.15) is 19.8 Å². The monoisotopic (exact) mass is 398 g/mol. The van der Waals surface area contributed by atoms with Crippen LogP contribution in [0.3, 0.4) is 0 Å². The number of nitrogens with zero attached hydrogens (tertiary/aromatic N) is 1. The highest BCUT2D eigenvalue weighted by Gasteiger charge is 2.15. The molecule has 0 amide bonds. The lowest BCUT2D eigenvalue weighted by Crippen LogP contribution is -1.96. The zero-order chi connectivity index (χ0) is 19.3. The molecule has 4 nitrogen and oxygen atoms in total. The van der Waals surface area contributed by atoms with Crippen molar-refractivity contribution in [2.45, 2.75) is 24.7 Å². The lowest BCUT2D eigenvalue weighted by molar-refractivity contribution is 0.602. The van der Waals surface area contributed by atoms with Crippen molar-refractivity contribution in [2.75, 3.05) is 11.6 Å². The molecule has 1 aromatic heterocycles. The zero-order valence-corrected chi connectivity index (χ0v) is 17.0. The largest absolute Gasteiger partial charge is 0.338 e. The Morgan fingerprint density at radius 2 is 1.74 bits per heavy atom. The van der Waals surface area contributed by atoms with Gasteiger partial charge in [0, 0.05) is 11.8 Å². The molecule has 140 valence electrons. The Balaban J connectivity index is 2.00. The second kappa shape index (κ2) is 8.50. The summed E-state index contributed by atoms with van der Waals surface area (Å²) < 4.78 is 23.4. The number of allylic oxidation sites excluding steroid dienone is 1. The zero-order valence-electron chi connectivity index (χ0n) is 15.3. The second-order valence-corrected chi connectivity index (χ2v) is 9.21. The first-order valence-electron chi connectivity index (χ1n) is 8.77. The van der Waals surface area contributed by atoms with Crippen LogP contribution in [0.25, 0.3) is 21.7 Å². The minimum atomic E-state index is -3.21. The van der Waals surface area contributed by atoms with E-state index in [1.54, 1.807) is 23.5 Å². The Morgan fingerprint density at radius 1 is 1.04 bits per heavy atom. The number of thiazole rings is 1. The van der Waals surface area contributed by atoms with Crippen LogP contribution in [0.2, 0.25) is 0 Å². The van der Waals surface area contributed by atoms with Gasteiger partial charge in [-0.1, -0.05) is 73.2 Å². The van der Waals surface area contributed by atoms with Crippen molar-refractivity contribution in [1.82, 2.24) is 4.98 Å². The fourth-order valence-electron chi connectivity index (χ4n) is 2.60. The number of benzene rings is 2.